The van der Waals surface area contributed by atoms with Crippen molar-refractivity contribution in [2.24, 2.45) is 0 Å². The molecule has 19 heavy (non-hydrogen) atoms. The minimum atomic E-state index is 0.257. The molecule has 0 amide bonds. The van der Waals surface area contributed by atoms with E-state index in [0.29, 0.717) is 6.42 Å². The van der Waals surface area contributed by atoms with E-state index < -0.39 is 0 Å². The van der Waals surface area contributed by atoms with Crippen molar-refractivity contribution in [3.63, 3.8) is 0 Å². The number of hydrogen-bond donors (Lipinski definition) is 0. The number of thiazole rings is 2. The largest absolute Gasteiger partial charge is 0.346 e. The molecule has 0 fully saturated rings. The fraction of sp³-hybridized carbons (Fsp3) is 0.462. The molecule has 0 aromatic carbocycles. The van der Waals surface area contributed by atoms with Gasteiger partial charge in [0, 0.05) is 18.3 Å². The van der Waals surface area contributed by atoms with Gasteiger partial charge in [-0.25, -0.2) is 9.97 Å². The van der Waals surface area contributed by atoms with E-state index in [-0.39, 0.29) is 5.78 Å². The maximum atomic E-state index is 11.8. The SMILES string of the molecule is Cc1ncsc1CN(C)c1nc2c(s1)C(=O)CCC2. The number of aryl methyl sites for hydroxylation is 2. The van der Waals surface area contributed by atoms with Gasteiger partial charge in [0.15, 0.2) is 10.9 Å². The van der Waals surface area contributed by atoms with Crippen LogP contribution in [0.4, 0.5) is 5.13 Å². The Morgan fingerprint density at radius 1 is 1.42 bits per heavy atom. The number of carbonyl (C=O) groups is 1. The fourth-order valence-corrected chi connectivity index (χ4v) is 4.05. The van der Waals surface area contributed by atoms with Crippen LogP contribution < -0.4 is 4.90 Å². The lowest BCUT2D eigenvalue weighted by Crippen LogP contribution is -2.16. The molecular formula is C13H15N3OS2. The molecule has 2 heterocycles. The van der Waals surface area contributed by atoms with Crippen LogP contribution in [0.1, 0.15) is 38.8 Å². The second kappa shape index (κ2) is 5.02. The van der Waals surface area contributed by atoms with Crippen LogP contribution in [0.3, 0.4) is 0 Å². The highest BCUT2D eigenvalue weighted by Gasteiger charge is 2.23. The third-order valence-corrected chi connectivity index (χ3v) is 5.48. The highest BCUT2D eigenvalue weighted by molar-refractivity contribution is 7.17. The Kier molecular flexibility index (Phi) is 3.36. The molecule has 0 aliphatic heterocycles. The molecule has 0 radical (unpaired) electrons. The van der Waals surface area contributed by atoms with Crippen LogP contribution in [-0.4, -0.2) is 22.8 Å². The van der Waals surface area contributed by atoms with E-state index in [0.717, 1.165) is 40.8 Å². The van der Waals surface area contributed by atoms with Crippen molar-refractivity contribution in [1.82, 2.24) is 9.97 Å². The van der Waals surface area contributed by atoms with Gasteiger partial charge >= 0.3 is 0 Å². The Labute approximate surface area is 120 Å². The summed E-state index contributed by atoms with van der Waals surface area (Å²) in [6.07, 6.45) is 2.55. The van der Waals surface area contributed by atoms with E-state index in [1.54, 1.807) is 11.3 Å². The summed E-state index contributed by atoms with van der Waals surface area (Å²) in [5, 5.41) is 0.938. The molecule has 6 heteroatoms. The summed E-state index contributed by atoms with van der Waals surface area (Å²) in [6.45, 7) is 2.83. The third-order valence-electron chi connectivity index (χ3n) is 3.31. The Bertz CT molecular complexity index is 617. The minimum absolute atomic E-state index is 0.257. The molecule has 4 nitrogen and oxygen atoms in total. The van der Waals surface area contributed by atoms with E-state index in [1.165, 1.54) is 16.2 Å². The Balaban J connectivity index is 1.82. The first-order chi connectivity index (χ1) is 9.15. The van der Waals surface area contributed by atoms with Gasteiger partial charge in [0.2, 0.25) is 0 Å². The number of Topliss-reactive ketones (excluding diaryl/α,β-unsaturated/α-hetero) is 1. The predicted molar refractivity (Wildman–Crippen MR) is 78.3 cm³/mol. The Hall–Kier alpha value is -1.27. The summed E-state index contributed by atoms with van der Waals surface area (Å²) < 4.78 is 0. The van der Waals surface area contributed by atoms with Crippen LogP contribution in [0.25, 0.3) is 0 Å². The van der Waals surface area contributed by atoms with Crippen molar-refractivity contribution in [2.45, 2.75) is 32.7 Å². The monoisotopic (exact) mass is 293 g/mol. The first kappa shape index (κ1) is 12.7. The smallest absolute Gasteiger partial charge is 0.186 e. The third kappa shape index (κ3) is 2.42. The van der Waals surface area contributed by atoms with Gasteiger partial charge in [0.25, 0.3) is 0 Å². The number of carbonyl (C=O) groups excluding carboxylic acids is 1. The van der Waals surface area contributed by atoms with Gasteiger partial charge in [-0.1, -0.05) is 11.3 Å². The zero-order valence-corrected chi connectivity index (χ0v) is 12.6. The van der Waals surface area contributed by atoms with Crippen molar-refractivity contribution in [2.75, 3.05) is 11.9 Å². The van der Waals surface area contributed by atoms with Crippen molar-refractivity contribution in [3.05, 3.63) is 26.7 Å². The van der Waals surface area contributed by atoms with Gasteiger partial charge in [-0.3, -0.25) is 4.79 Å². The van der Waals surface area contributed by atoms with Crippen molar-refractivity contribution < 1.29 is 4.79 Å². The van der Waals surface area contributed by atoms with E-state index in [4.69, 9.17) is 0 Å². The summed E-state index contributed by atoms with van der Waals surface area (Å²) in [4.78, 5) is 24.9. The molecular weight excluding hydrogens is 278 g/mol. The molecule has 0 spiro atoms. The van der Waals surface area contributed by atoms with Gasteiger partial charge in [-0.15, -0.1) is 11.3 Å². The average molecular weight is 293 g/mol. The number of fused-ring (bicyclic) bond motifs is 1. The molecule has 1 aliphatic rings. The normalized spacial score (nSPS) is 14.5. The van der Waals surface area contributed by atoms with Crippen molar-refractivity contribution in [1.29, 1.82) is 0 Å². The van der Waals surface area contributed by atoms with Crippen molar-refractivity contribution in [3.8, 4) is 0 Å². The van der Waals surface area contributed by atoms with Crippen LogP contribution in [-0.2, 0) is 13.0 Å². The second-order valence-corrected chi connectivity index (χ2v) is 6.68. The quantitative estimate of drug-likeness (QED) is 0.872. The summed E-state index contributed by atoms with van der Waals surface area (Å²) in [7, 11) is 2.02. The highest BCUT2D eigenvalue weighted by Crippen LogP contribution is 2.32. The standard InChI is InChI=1S/C13H15N3OS2/c1-8-11(18-7-14-8)6-16(2)13-15-9-4-3-5-10(17)12(9)19-13/h7H,3-6H2,1-2H3. The fourth-order valence-electron chi connectivity index (χ4n) is 2.18. The zero-order valence-electron chi connectivity index (χ0n) is 11.0. The Morgan fingerprint density at radius 3 is 2.95 bits per heavy atom. The zero-order chi connectivity index (χ0) is 13.4. The molecule has 0 unspecified atom stereocenters. The maximum Gasteiger partial charge on any atom is 0.186 e. The first-order valence-electron chi connectivity index (χ1n) is 6.28. The van der Waals surface area contributed by atoms with Gasteiger partial charge in [-0.05, 0) is 19.8 Å². The Morgan fingerprint density at radius 2 is 2.26 bits per heavy atom. The molecule has 0 bridgehead atoms. The van der Waals surface area contributed by atoms with E-state index >= 15 is 0 Å². The lowest BCUT2D eigenvalue weighted by atomic mass is 10.0. The summed E-state index contributed by atoms with van der Waals surface area (Å²) >= 11 is 3.19. The van der Waals surface area contributed by atoms with E-state index in [1.807, 2.05) is 19.5 Å². The molecule has 0 saturated carbocycles. The molecule has 1 aliphatic carbocycles. The van der Waals surface area contributed by atoms with Crippen LogP contribution in [0.5, 0.6) is 0 Å². The summed E-state index contributed by atoms with van der Waals surface area (Å²) in [5.74, 6) is 0.257. The van der Waals surface area contributed by atoms with Crippen LogP contribution in [0.15, 0.2) is 5.51 Å². The number of aromatic nitrogens is 2. The molecule has 2 aromatic heterocycles. The van der Waals surface area contributed by atoms with Crippen LogP contribution in [0.2, 0.25) is 0 Å². The lowest BCUT2D eigenvalue weighted by molar-refractivity contribution is 0.0976. The molecule has 0 saturated heterocycles. The molecule has 100 valence electrons. The lowest BCUT2D eigenvalue weighted by Gasteiger charge is -2.14. The predicted octanol–water partition coefficient (Wildman–Crippen LogP) is 3.06. The average Bonchev–Trinajstić information content (AvgIpc) is 2.97. The maximum absolute atomic E-state index is 11.8. The van der Waals surface area contributed by atoms with E-state index in [9.17, 15) is 4.79 Å². The molecule has 2 aromatic rings. The topological polar surface area (TPSA) is 46.1 Å². The number of hydrogen-bond acceptors (Lipinski definition) is 6. The number of rotatable bonds is 3. The molecule has 3 rings (SSSR count). The van der Waals surface area contributed by atoms with Gasteiger partial charge < -0.3 is 4.90 Å². The van der Waals surface area contributed by atoms with Gasteiger partial charge in [0.05, 0.1) is 28.3 Å². The van der Waals surface area contributed by atoms with Gasteiger partial charge in [0.1, 0.15) is 0 Å². The van der Waals surface area contributed by atoms with Crippen LogP contribution in [0, 0.1) is 6.92 Å². The number of nitrogens with zero attached hydrogens (tertiary/aromatic N) is 3. The second-order valence-electron chi connectivity index (χ2n) is 4.77. The highest BCUT2D eigenvalue weighted by atomic mass is 32.1. The summed E-state index contributed by atoms with van der Waals surface area (Å²) in [5.41, 5.74) is 3.94. The molecule has 0 N–H and O–H groups in total. The first-order valence-corrected chi connectivity index (χ1v) is 7.98. The van der Waals surface area contributed by atoms with Gasteiger partial charge in [-0.2, -0.15) is 0 Å². The van der Waals surface area contributed by atoms with Crippen molar-refractivity contribution >= 4 is 33.6 Å². The van der Waals surface area contributed by atoms with E-state index in [2.05, 4.69) is 14.9 Å². The number of anilines is 1. The number of ketones is 1. The molecule has 0 atom stereocenters. The van der Waals surface area contributed by atoms with Crippen LogP contribution >= 0.6 is 22.7 Å². The summed E-state index contributed by atoms with van der Waals surface area (Å²) in [6, 6.07) is 0. The minimum Gasteiger partial charge on any atom is -0.346 e.